The molecule has 0 fully saturated rings. The first-order valence-electron chi connectivity index (χ1n) is 4.81. The molecule has 0 aliphatic rings. The van der Waals surface area contributed by atoms with E-state index in [1.165, 1.54) is 17.0 Å². The molecule has 0 saturated heterocycles. The zero-order chi connectivity index (χ0) is 11.3. The summed E-state index contributed by atoms with van der Waals surface area (Å²) in [5, 5.41) is 2.93. The first kappa shape index (κ1) is 14.9. The fourth-order valence-electron chi connectivity index (χ4n) is 1.22. The van der Waals surface area contributed by atoms with Crippen LogP contribution in [0.3, 0.4) is 0 Å². The topological polar surface area (TPSA) is 32.3 Å². The monoisotopic (exact) mass is 246 g/mol. The third-order valence-corrected chi connectivity index (χ3v) is 2.15. The molecule has 5 heteroatoms. The van der Waals surface area contributed by atoms with Gasteiger partial charge in [0, 0.05) is 20.1 Å². The molecule has 16 heavy (non-hydrogen) atoms. The minimum absolute atomic E-state index is 0. The molecule has 0 aliphatic carbocycles. The van der Waals surface area contributed by atoms with Crippen molar-refractivity contribution < 1.29 is 9.18 Å². The Morgan fingerprint density at radius 1 is 1.44 bits per heavy atom. The predicted molar refractivity (Wildman–Crippen MR) is 64.5 cm³/mol. The standard InChI is InChI=1S/C11H15FN2O.ClH/c1-13-7-8-14(2)11(15)9-5-3-4-6-10(9)12;/h3-6,13H,7-8H2,1-2H3;1H. The molecule has 1 rings (SSSR count). The lowest BCUT2D eigenvalue weighted by molar-refractivity contribution is 0.0792. The van der Waals surface area contributed by atoms with Crippen LogP contribution < -0.4 is 5.32 Å². The maximum atomic E-state index is 13.3. The van der Waals surface area contributed by atoms with Crippen LogP contribution >= 0.6 is 12.4 Å². The van der Waals surface area contributed by atoms with E-state index in [1.54, 1.807) is 26.2 Å². The average molecular weight is 247 g/mol. The fraction of sp³-hybridized carbons (Fsp3) is 0.364. The molecule has 0 aromatic heterocycles. The first-order chi connectivity index (χ1) is 7.16. The molecule has 1 aromatic carbocycles. The second kappa shape index (κ2) is 7.19. The molecule has 0 radical (unpaired) electrons. The number of carbonyl (C=O) groups is 1. The van der Waals surface area contributed by atoms with E-state index in [4.69, 9.17) is 0 Å². The summed E-state index contributed by atoms with van der Waals surface area (Å²) >= 11 is 0. The first-order valence-corrected chi connectivity index (χ1v) is 4.81. The van der Waals surface area contributed by atoms with Gasteiger partial charge in [0.1, 0.15) is 5.82 Å². The molecule has 3 nitrogen and oxygen atoms in total. The van der Waals surface area contributed by atoms with E-state index in [9.17, 15) is 9.18 Å². The Morgan fingerprint density at radius 2 is 2.06 bits per heavy atom. The van der Waals surface area contributed by atoms with Crippen molar-refractivity contribution in [2.45, 2.75) is 0 Å². The van der Waals surface area contributed by atoms with Gasteiger partial charge in [-0.05, 0) is 19.2 Å². The number of hydrogen-bond acceptors (Lipinski definition) is 2. The zero-order valence-electron chi connectivity index (χ0n) is 9.37. The number of carbonyl (C=O) groups excluding carboxylic acids is 1. The van der Waals surface area contributed by atoms with Gasteiger partial charge in [0.15, 0.2) is 0 Å². The van der Waals surface area contributed by atoms with Crippen molar-refractivity contribution in [3.8, 4) is 0 Å². The van der Waals surface area contributed by atoms with Crippen LogP contribution in [0.1, 0.15) is 10.4 Å². The summed E-state index contributed by atoms with van der Waals surface area (Å²) in [6, 6.07) is 6.01. The highest BCUT2D eigenvalue weighted by Gasteiger charge is 2.14. The number of benzene rings is 1. The SMILES string of the molecule is CNCCN(C)C(=O)c1ccccc1F.Cl. The average Bonchev–Trinajstić information content (AvgIpc) is 2.25. The predicted octanol–water partition coefficient (Wildman–Crippen LogP) is 1.54. The second-order valence-corrected chi connectivity index (χ2v) is 3.31. The lowest BCUT2D eigenvalue weighted by Crippen LogP contribution is -2.33. The van der Waals surface area contributed by atoms with Crippen LogP contribution in [-0.2, 0) is 0 Å². The Hall–Kier alpha value is -1.13. The number of likely N-dealkylation sites (N-methyl/N-ethyl adjacent to an activating group) is 2. The molecule has 0 spiro atoms. The number of hydrogen-bond donors (Lipinski definition) is 1. The number of nitrogens with one attached hydrogen (secondary N) is 1. The fourth-order valence-corrected chi connectivity index (χ4v) is 1.22. The van der Waals surface area contributed by atoms with Gasteiger partial charge in [-0.25, -0.2) is 4.39 Å². The van der Waals surface area contributed by atoms with Crippen LogP contribution in [0.25, 0.3) is 0 Å². The maximum Gasteiger partial charge on any atom is 0.256 e. The van der Waals surface area contributed by atoms with Gasteiger partial charge in [0.05, 0.1) is 5.56 Å². The highest BCUT2D eigenvalue weighted by atomic mass is 35.5. The summed E-state index contributed by atoms with van der Waals surface area (Å²) < 4.78 is 13.3. The van der Waals surface area contributed by atoms with Gasteiger partial charge < -0.3 is 10.2 Å². The van der Waals surface area contributed by atoms with E-state index in [-0.39, 0.29) is 23.9 Å². The van der Waals surface area contributed by atoms with Crippen molar-refractivity contribution >= 4 is 18.3 Å². The van der Waals surface area contributed by atoms with Gasteiger partial charge in [-0.1, -0.05) is 12.1 Å². The smallest absolute Gasteiger partial charge is 0.256 e. The number of rotatable bonds is 4. The lowest BCUT2D eigenvalue weighted by atomic mass is 10.2. The molecule has 0 atom stereocenters. The van der Waals surface area contributed by atoms with Crippen LogP contribution in [0.15, 0.2) is 24.3 Å². The third-order valence-electron chi connectivity index (χ3n) is 2.15. The highest BCUT2D eigenvalue weighted by molar-refractivity contribution is 5.94. The Labute approximate surface area is 101 Å². The van der Waals surface area contributed by atoms with E-state index >= 15 is 0 Å². The second-order valence-electron chi connectivity index (χ2n) is 3.31. The molecule has 1 amide bonds. The third kappa shape index (κ3) is 3.79. The Kier molecular flexibility index (Phi) is 6.69. The minimum atomic E-state index is -0.473. The quantitative estimate of drug-likeness (QED) is 0.874. The van der Waals surface area contributed by atoms with Crippen molar-refractivity contribution in [3.05, 3.63) is 35.6 Å². The summed E-state index contributed by atoms with van der Waals surface area (Å²) in [4.78, 5) is 13.2. The van der Waals surface area contributed by atoms with Crippen molar-refractivity contribution in [2.75, 3.05) is 27.2 Å². The number of amides is 1. The summed E-state index contributed by atoms with van der Waals surface area (Å²) in [7, 11) is 3.47. The molecule has 90 valence electrons. The Morgan fingerprint density at radius 3 is 2.62 bits per heavy atom. The van der Waals surface area contributed by atoms with E-state index in [2.05, 4.69) is 5.32 Å². The molecule has 0 unspecified atom stereocenters. The Bertz CT molecular complexity index is 347. The van der Waals surface area contributed by atoms with Gasteiger partial charge in [-0.3, -0.25) is 4.79 Å². The molecule has 1 N–H and O–H groups in total. The maximum absolute atomic E-state index is 13.3. The largest absolute Gasteiger partial charge is 0.340 e. The van der Waals surface area contributed by atoms with Crippen LogP contribution in [0.4, 0.5) is 4.39 Å². The minimum Gasteiger partial charge on any atom is -0.340 e. The van der Waals surface area contributed by atoms with Gasteiger partial charge in [0.25, 0.3) is 5.91 Å². The van der Waals surface area contributed by atoms with Crippen molar-refractivity contribution in [3.63, 3.8) is 0 Å². The highest BCUT2D eigenvalue weighted by Crippen LogP contribution is 2.08. The van der Waals surface area contributed by atoms with E-state index in [0.29, 0.717) is 13.1 Å². The summed E-state index contributed by atoms with van der Waals surface area (Å²) in [5.74, 6) is -0.762. The molecular weight excluding hydrogens is 231 g/mol. The summed E-state index contributed by atoms with van der Waals surface area (Å²) in [6.45, 7) is 1.25. The van der Waals surface area contributed by atoms with E-state index < -0.39 is 5.82 Å². The van der Waals surface area contributed by atoms with E-state index in [1.807, 2.05) is 0 Å². The molecule has 0 saturated carbocycles. The van der Waals surface area contributed by atoms with E-state index in [0.717, 1.165) is 0 Å². The van der Waals surface area contributed by atoms with Crippen LogP contribution in [-0.4, -0.2) is 38.0 Å². The Balaban J connectivity index is 0.00000225. The van der Waals surface area contributed by atoms with Gasteiger partial charge in [0.2, 0.25) is 0 Å². The van der Waals surface area contributed by atoms with Crippen molar-refractivity contribution in [2.24, 2.45) is 0 Å². The van der Waals surface area contributed by atoms with Crippen molar-refractivity contribution in [1.82, 2.24) is 10.2 Å². The lowest BCUT2D eigenvalue weighted by Gasteiger charge is -2.17. The van der Waals surface area contributed by atoms with Crippen LogP contribution in [0, 0.1) is 5.82 Å². The van der Waals surface area contributed by atoms with Crippen LogP contribution in [0.2, 0.25) is 0 Å². The zero-order valence-corrected chi connectivity index (χ0v) is 10.2. The van der Waals surface area contributed by atoms with Gasteiger partial charge in [-0.2, -0.15) is 0 Å². The summed E-state index contributed by atoms with van der Waals surface area (Å²) in [5.41, 5.74) is 0.121. The molecule has 0 heterocycles. The van der Waals surface area contributed by atoms with Gasteiger partial charge in [-0.15, -0.1) is 12.4 Å². The van der Waals surface area contributed by atoms with Crippen LogP contribution in [0.5, 0.6) is 0 Å². The van der Waals surface area contributed by atoms with Crippen molar-refractivity contribution in [1.29, 1.82) is 0 Å². The molecule has 0 aliphatic heterocycles. The molecular formula is C11H16ClFN2O. The molecule has 1 aromatic rings. The summed E-state index contributed by atoms with van der Waals surface area (Å²) in [6.07, 6.45) is 0. The molecule has 0 bridgehead atoms. The number of halogens is 2. The van der Waals surface area contributed by atoms with Gasteiger partial charge >= 0.3 is 0 Å². The normalized spacial score (nSPS) is 9.44. The number of nitrogens with zero attached hydrogens (tertiary/aromatic N) is 1.